The number of hydrogen-bond donors (Lipinski definition) is 2. The molecule has 1 aromatic heterocycles. The van der Waals surface area contributed by atoms with Crippen molar-refractivity contribution < 1.29 is 5.11 Å². The van der Waals surface area contributed by atoms with Gasteiger partial charge in [0.25, 0.3) is 0 Å². The van der Waals surface area contributed by atoms with E-state index < -0.39 is 0 Å². The number of aliphatic hydroxyl groups is 1. The van der Waals surface area contributed by atoms with Crippen LogP contribution in [0.2, 0.25) is 0 Å². The summed E-state index contributed by atoms with van der Waals surface area (Å²) in [6.07, 6.45) is 0. The van der Waals surface area contributed by atoms with Gasteiger partial charge in [0, 0.05) is 5.56 Å². The molecule has 0 spiro atoms. The van der Waals surface area contributed by atoms with Gasteiger partial charge in [0.1, 0.15) is 11.6 Å². The largest absolute Gasteiger partial charge is 0.508 e. The topological polar surface area (TPSA) is 48.9 Å². The number of rotatable bonds is 1. The molecule has 0 radical (unpaired) electrons. The summed E-state index contributed by atoms with van der Waals surface area (Å²) in [5.74, 6) is 0.949. The van der Waals surface area contributed by atoms with Crippen LogP contribution in [0.25, 0.3) is 16.8 Å². The molecule has 0 saturated heterocycles. The Labute approximate surface area is 89.5 Å². The van der Waals surface area contributed by atoms with Crippen LogP contribution in [0.5, 0.6) is 0 Å². The standard InChI is InChI=1S/C10H10N2O.C2H6/c1-6(13)8-3-4-9-10(5-8)12-7(2)11-9;1-2/h3-5,13H,1H2,2H3,(H,11,12);1-2H3. The normalized spacial score (nSPS) is 9.53. The first-order chi connectivity index (χ1) is 7.16. The van der Waals surface area contributed by atoms with Crippen molar-refractivity contribution >= 4 is 16.8 Å². The first-order valence-corrected chi connectivity index (χ1v) is 5.01. The van der Waals surface area contributed by atoms with E-state index in [2.05, 4.69) is 16.5 Å². The summed E-state index contributed by atoms with van der Waals surface area (Å²) < 4.78 is 0. The van der Waals surface area contributed by atoms with Crippen molar-refractivity contribution in [2.24, 2.45) is 0 Å². The lowest BCUT2D eigenvalue weighted by molar-refractivity contribution is 0.514. The number of hydrogen-bond acceptors (Lipinski definition) is 2. The Bertz CT molecular complexity index is 471. The van der Waals surface area contributed by atoms with Crippen molar-refractivity contribution in [1.82, 2.24) is 9.97 Å². The van der Waals surface area contributed by atoms with E-state index in [-0.39, 0.29) is 5.76 Å². The number of aliphatic hydroxyl groups excluding tert-OH is 1. The van der Waals surface area contributed by atoms with Crippen LogP contribution in [0, 0.1) is 6.92 Å². The van der Waals surface area contributed by atoms with Gasteiger partial charge in [0.2, 0.25) is 0 Å². The molecule has 2 rings (SSSR count). The quantitative estimate of drug-likeness (QED) is 0.699. The summed E-state index contributed by atoms with van der Waals surface area (Å²) in [7, 11) is 0. The first-order valence-electron chi connectivity index (χ1n) is 5.01. The van der Waals surface area contributed by atoms with Gasteiger partial charge in [-0.15, -0.1) is 0 Å². The molecule has 0 aliphatic heterocycles. The van der Waals surface area contributed by atoms with Gasteiger partial charge in [-0.2, -0.15) is 0 Å². The third-order valence-electron chi connectivity index (χ3n) is 1.93. The Hall–Kier alpha value is -1.77. The number of aryl methyl sites for hydroxylation is 1. The van der Waals surface area contributed by atoms with Crippen molar-refractivity contribution in [3.05, 3.63) is 36.2 Å². The van der Waals surface area contributed by atoms with E-state index in [4.69, 9.17) is 5.11 Å². The van der Waals surface area contributed by atoms with Crippen LogP contribution in [0.4, 0.5) is 0 Å². The molecule has 0 amide bonds. The summed E-state index contributed by atoms with van der Waals surface area (Å²) in [6.45, 7) is 9.36. The predicted octanol–water partition coefficient (Wildman–Crippen LogP) is 3.43. The average Bonchev–Trinajstić information content (AvgIpc) is 2.59. The molecular formula is C12H16N2O. The summed E-state index contributed by atoms with van der Waals surface area (Å²) in [5.41, 5.74) is 2.55. The zero-order valence-corrected chi connectivity index (χ0v) is 9.33. The number of fused-ring (bicyclic) bond motifs is 1. The van der Waals surface area contributed by atoms with Crippen molar-refractivity contribution in [2.75, 3.05) is 0 Å². The lowest BCUT2D eigenvalue weighted by Crippen LogP contribution is -1.80. The molecule has 0 unspecified atom stereocenters. The molecule has 1 heterocycles. The molecule has 0 aliphatic carbocycles. The highest BCUT2D eigenvalue weighted by atomic mass is 16.3. The number of aromatic nitrogens is 2. The van der Waals surface area contributed by atoms with E-state index in [0.29, 0.717) is 0 Å². The Morgan fingerprint density at radius 1 is 1.40 bits per heavy atom. The van der Waals surface area contributed by atoms with Gasteiger partial charge in [-0.25, -0.2) is 4.98 Å². The second kappa shape index (κ2) is 4.64. The monoisotopic (exact) mass is 204 g/mol. The first kappa shape index (κ1) is 11.3. The maximum absolute atomic E-state index is 9.16. The third-order valence-corrected chi connectivity index (χ3v) is 1.93. The van der Waals surface area contributed by atoms with E-state index in [1.165, 1.54) is 0 Å². The van der Waals surface area contributed by atoms with Crippen LogP contribution in [0.15, 0.2) is 24.8 Å². The number of aromatic amines is 1. The fourth-order valence-electron chi connectivity index (χ4n) is 1.32. The molecule has 0 aliphatic rings. The van der Waals surface area contributed by atoms with E-state index >= 15 is 0 Å². The van der Waals surface area contributed by atoms with Crippen LogP contribution in [0.3, 0.4) is 0 Å². The summed E-state index contributed by atoms with van der Waals surface area (Å²) in [4.78, 5) is 7.34. The molecule has 2 aromatic rings. The molecule has 0 bridgehead atoms. The highest BCUT2D eigenvalue weighted by molar-refractivity contribution is 5.79. The Balaban J connectivity index is 0.000000531. The molecule has 0 saturated carbocycles. The fourth-order valence-corrected chi connectivity index (χ4v) is 1.32. The van der Waals surface area contributed by atoms with Crippen LogP contribution < -0.4 is 0 Å². The second-order valence-electron chi connectivity index (χ2n) is 3.00. The fraction of sp³-hybridized carbons (Fsp3) is 0.250. The second-order valence-corrected chi connectivity index (χ2v) is 3.00. The van der Waals surface area contributed by atoms with Crippen LogP contribution >= 0.6 is 0 Å². The molecule has 0 fully saturated rings. The van der Waals surface area contributed by atoms with E-state index in [0.717, 1.165) is 22.4 Å². The molecule has 15 heavy (non-hydrogen) atoms. The molecular weight excluding hydrogens is 188 g/mol. The third kappa shape index (κ3) is 2.37. The van der Waals surface area contributed by atoms with Gasteiger partial charge in [-0.1, -0.05) is 20.4 Å². The van der Waals surface area contributed by atoms with Crippen molar-refractivity contribution in [3.63, 3.8) is 0 Å². The zero-order valence-electron chi connectivity index (χ0n) is 9.33. The minimum Gasteiger partial charge on any atom is -0.508 e. The molecule has 2 N–H and O–H groups in total. The highest BCUT2D eigenvalue weighted by Gasteiger charge is 2.01. The van der Waals surface area contributed by atoms with Crippen LogP contribution in [-0.2, 0) is 0 Å². The lowest BCUT2D eigenvalue weighted by Gasteiger charge is -1.96. The minimum absolute atomic E-state index is 0.0779. The number of nitrogens with one attached hydrogen (secondary N) is 1. The minimum atomic E-state index is 0.0779. The number of benzene rings is 1. The van der Waals surface area contributed by atoms with Crippen molar-refractivity contribution in [1.29, 1.82) is 0 Å². The van der Waals surface area contributed by atoms with Crippen molar-refractivity contribution in [3.8, 4) is 0 Å². The molecule has 1 aromatic carbocycles. The zero-order chi connectivity index (χ0) is 11.4. The molecule has 3 heteroatoms. The Morgan fingerprint density at radius 2 is 2.07 bits per heavy atom. The van der Waals surface area contributed by atoms with Gasteiger partial charge < -0.3 is 10.1 Å². The highest BCUT2D eigenvalue weighted by Crippen LogP contribution is 2.16. The van der Waals surface area contributed by atoms with E-state index in [1.807, 2.05) is 32.9 Å². The van der Waals surface area contributed by atoms with E-state index in [1.54, 1.807) is 6.07 Å². The van der Waals surface area contributed by atoms with Crippen LogP contribution in [0.1, 0.15) is 25.2 Å². The maximum atomic E-state index is 9.16. The number of nitrogens with zero attached hydrogens (tertiary/aromatic N) is 1. The Morgan fingerprint density at radius 3 is 2.67 bits per heavy atom. The smallest absolute Gasteiger partial charge is 0.115 e. The lowest BCUT2D eigenvalue weighted by atomic mass is 10.2. The van der Waals surface area contributed by atoms with Gasteiger partial charge in [-0.05, 0) is 25.1 Å². The van der Waals surface area contributed by atoms with Gasteiger partial charge in [0.05, 0.1) is 11.0 Å². The average molecular weight is 204 g/mol. The SMILES string of the molecule is C=C(O)c1ccc2nc(C)[nH]c2c1.CC. The maximum Gasteiger partial charge on any atom is 0.115 e. The van der Waals surface area contributed by atoms with E-state index in [9.17, 15) is 0 Å². The Kier molecular flexibility index (Phi) is 3.50. The molecule has 0 atom stereocenters. The summed E-state index contributed by atoms with van der Waals surface area (Å²) in [6, 6.07) is 5.48. The number of H-pyrrole nitrogens is 1. The van der Waals surface area contributed by atoms with Gasteiger partial charge >= 0.3 is 0 Å². The van der Waals surface area contributed by atoms with Gasteiger partial charge in [-0.3, -0.25) is 0 Å². The number of imidazole rings is 1. The predicted molar refractivity (Wildman–Crippen MR) is 63.8 cm³/mol. The van der Waals surface area contributed by atoms with Crippen LogP contribution in [-0.4, -0.2) is 15.1 Å². The summed E-state index contributed by atoms with van der Waals surface area (Å²) >= 11 is 0. The van der Waals surface area contributed by atoms with Crippen molar-refractivity contribution in [2.45, 2.75) is 20.8 Å². The molecule has 80 valence electrons. The summed E-state index contributed by atoms with van der Waals surface area (Å²) in [5, 5.41) is 9.16. The molecule has 3 nitrogen and oxygen atoms in total. The van der Waals surface area contributed by atoms with Gasteiger partial charge in [0.15, 0.2) is 0 Å².